The smallest absolute Gasteiger partial charge is 0.207 e. The fourth-order valence-electron chi connectivity index (χ4n) is 4.98. The van der Waals surface area contributed by atoms with Crippen LogP contribution in [0.15, 0.2) is 70.5 Å². The molecule has 3 atom stereocenters. The Labute approximate surface area is 198 Å². The van der Waals surface area contributed by atoms with Gasteiger partial charge in [-0.05, 0) is 70.7 Å². The van der Waals surface area contributed by atoms with E-state index in [1.165, 1.54) is 4.31 Å². The van der Waals surface area contributed by atoms with Crippen LogP contribution in [0.3, 0.4) is 0 Å². The van der Waals surface area contributed by atoms with E-state index in [0.717, 1.165) is 11.1 Å². The number of aryl methyl sites for hydroxylation is 2. The van der Waals surface area contributed by atoms with Gasteiger partial charge in [0.15, 0.2) is 0 Å². The molecule has 3 unspecified atom stereocenters. The van der Waals surface area contributed by atoms with E-state index in [-0.39, 0.29) is 34.2 Å². The van der Waals surface area contributed by atoms with E-state index in [4.69, 9.17) is 0 Å². The van der Waals surface area contributed by atoms with Crippen molar-refractivity contribution in [3.05, 3.63) is 71.8 Å². The zero-order valence-corrected chi connectivity index (χ0v) is 21.4. The maximum atomic E-state index is 13.6. The number of sulfonamides is 2. The normalized spacial score (nSPS) is 26.2. The third-order valence-electron chi connectivity index (χ3n) is 7.15. The number of hydrogen-bond acceptors (Lipinski definition) is 4. The summed E-state index contributed by atoms with van der Waals surface area (Å²) in [7, 11) is -7.46. The van der Waals surface area contributed by atoms with E-state index in [9.17, 15) is 16.8 Å². The summed E-state index contributed by atoms with van der Waals surface area (Å²) in [5, 5.41) is 0. The van der Waals surface area contributed by atoms with E-state index >= 15 is 0 Å². The maximum absolute atomic E-state index is 13.6. The van der Waals surface area contributed by atoms with Gasteiger partial charge in [-0.25, -0.2) is 16.8 Å². The summed E-state index contributed by atoms with van der Waals surface area (Å²) in [4.78, 5) is 0.519. The molecule has 8 heteroatoms. The second kappa shape index (κ2) is 8.34. The zero-order valence-electron chi connectivity index (χ0n) is 19.8. The summed E-state index contributed by atoms with van der Waals surface area (Å²) >= 11 is 0. The third kappa shape index (κ3) is 4.18. The minimum atomic E-state index is -3.74. The monoisotopic (exact) mass is 488 g/mol. The van der Waals surface area contributed by atoms with E-state index in [0.29, 0.717) is 6.54 Å². The molecule has 2 aromatic rings. The number of hydrogen-bond donors (Lipinski definition) is 0. The lowest BCUT2D eigenvalue weighted by Crippen LogP contribution is -2.50. The van der Waals surface area contributed by atoms with Crippen LogP contribution in [0.4, 0.5) is 0 Å². The molecule has 0 amide bonds. The molecule has 178 valence electrons. The minimum absolute atomic E-state index is 0.0686. The van der Waals surface area contributed by atoms with E-state index in [1.807, 2.05) is 46.8 Å². The van der Waals surface area contributed by atoms with E-state index in [1.54, 1.807) is 52.8 Å². The highest BCUT2D eigenvalue weighted by atomic mass is 32.2. The van der Waals surface area contributed by atoms with Crippen molar-refractivity contribution in [2.24, 2.45) is 11.8 Å². The Hall–Kier alpha value is -2.00. The summed E-state index contributed by atoms with van der Waals surface area (Å²) in [6, 6.07) is 13.4. The number of rotatable bonds is 4. The van der Waals surface area contributed by atoms with Crippen LogP contribution in [-0.2, 0) is 20.0 Å². The Balaban J connectivity index is 1.70. The molecule has 0 saturated carbocycles. The van der Waals surface area contributed by atoms with Crippen molar-refractivity contribution in [1.82, 2.24) is 8.61 Å². The summed E-state index contributed by atoms with van der Waals surface area (Å²) in [5.41, 5.74) is 1.23. The minimum Gasteiger partial charge on any atom is -0.207 e. The molecule has 0 spiro atoms. The first-order valence-electron chi connectivity index (χ1n) is 11.2. The first-order valence-corrected chi connectivity index (χ1v) is 14.1. The van der Waals surface area contributed by atoms with Crippen molar-refractivity contribution in [2.45, 2.75) is 56.0 Å². The second-order valence-electron chi connectivity index (χ2n) is 9.79. The fraction of sp³-hybridized carbons (Fsp3) is 0.440. The zero-order chi connectivity index (χ0) is 24.2. The molecule has 2 aliphatic heterocycles. The highest BCUT2D eigenvalue weighted by molar-refractivity contribution is 7.89. The van der Waals surface area contributed by atoms with Gasteiger partial charge in [-0.2, -0.15) is 8.61 Å². The van der Waals surface area contributed by atoms with Gasteiger partial charge in [0.1, 0.15) is 0 Å². The Morgan fingerprint density at radius 3 is 1.76 bits per heavy atom. The van der Waals surface area contributed by atoms with Gasteiger partial charge in [-0.1, -0.05) is 47.5 Å². The van der Waals surface area contributed by atoms with E-state index < -0.39 is 25.6 Å². The SMILES string of the molecule is Cc1ccc(S(=O)(=O)N2CC3C(C=CC2C)CN(S(=O)(=O)c2ccc(C)cc2)C3(C)C)cc1. The van der Waals surface area contributed by atoms with Crippen LogP contribution in [0.2, 0.25) is 0 Å². The van der Waals surface area contributed by atoms with Gasteiger partial charge in [-0.15, -0.1) is 0 Å². The average Bonchev–Trinajstić information content (AvgIpc) is 2.88. The van der Waals surface area contributed by atoms with Gasteiger partial charge >= 0.3 is 0 Å². The van der Waals surface area contributed by atoms with Crippen LogP contribution in [0.25, 0.3) is 0 Å². The Morgan fingerprint density at radius 1 is 0.758 bits per heavy atom. The first kappa shape index (κ1) is 24.1. The molecule has 1 saturated heterocycles. The molecular weight excluding hydrogens is 456 g/mol. The average molecular weight is 489 g/mol. The van der Waals surface area contributed by atoms with Crippen LogP contribution in [0.5, 0.6) is 0 Å². The van der Waals surface area contributed by atoms with Crippen molar-refractivity contribution in [3.63, 3.8) is 0 Å². The Bertz CT molecular complexity index is 1260. The molecular formula is C25H32N2O4S2. The topological polar surface area (TPSA) is 74.8 Å². The Morgan fingerprint density at radius 2 is 1.24 bits per heavy atom. The summed E-state index contributed by atoms with van der Waals surface area (Å²) in [5.74, 6) is -0.250. The quantitative estimate of drug-likeness (QED) is 0.611. The van der Waals surface area contributed by atoms with Crippen molar-refractivity contribution >= 4 is 20.0 Å². The molecule has 33 heavy (non-hydrogen) atoms. The largest absolute Gasteiger partial charge is 0.243 e. The molecule has 6 nitrogen and oxygen atoms in total. The van der Waals surface area contributed by atoms with Gasteiger partial charge in [0.25, 0.3) is 0 Å². The Kier molecular flexibility index (Phi) is 6.10. The molecule has 0 bridgehead atoms. The molecule has 1 fully saturated rings. The van der Waals surface area contributed by atoms with Crippen LogP contribution < -0.4 is 0 Å². The van der Waals surface area contributed by atoms with Crippen LogP contribution in [0, 0.1) is 25.7 Å². The molecule has 2 aliphatic rings. The van der Waals surface area contributed by atoms with Crippen molar-refractivity contribution < 1.29 is 16.8 Å². The third-order valence-corrected chi connectivity index (χ3v) is 11.2. The van der Waals surface area contributed by atoms with Crippen molar-refractivity contribution in [2.75, 3.05) is 13.1 Å². The summed E-state index contributed by atoms with van der Waals surface area (Å²) in [6.07, 6.45) is 3.90. The van der Waals surface area contributed by atoms with Crippen LogP contribution >= 0.6 is 0 Å². The van der Waals surface area contributed by atoms with Gasteiger partial charge in [-0.3, -0.25) is 0 Å². The van der Waals surface area contributed by atoms with E-state index in [2.05, 4.69) is 0 Å². The summed E-state index contributed by atoms with van der Waals surface area (Å²) in [6.45, 7) is 10.1. The summed E-state index contributed by atoms with van der Waals surface area (Å²) < 4.78 is 57.3. The van der Waals surface area contributed by atoms with Gasteiger partial charge in [0.2, 0.25) is 20.0 Å². The van der Waals surface area contributed by atoms with Gasteiger partial charge < -0.3 is 0 Å². The van der Waals surface area contributed by atoms with Crippen molar-refractivity contribution in [1.29, 1.82) is 0 Å². The maximum Gasteiger partial charge on any atom is 0.243 e. The number of benzene rings is 2. The molecule has 0 radical (unpaired) electrons. The number of fused-ring (bicyclic) bond motifs is 1. The fourth-order valence-corrected chi connectivity index (χ4v) is 8.46. The number of nitrogens with zero attached hydrogens (tertiary/aromatic N) is 2. The van der Waals surface area contributed by atoms with Gasteiger partial charge in [0.05, 0.1) is 9.79 Å². The molecule has 4 rings (SSSR count). The molecule has 0 aromatic heterocycles. The molecule has 2 heterocycles. The lowest BCUT2D eigenvalue weighted by Gasteiger charge is -2.38. The first-order chi connectivity index (χ1) is 15.3. The predicted molar refractivity (Wildman–Crippen MR) is 130 cm³/mol. The molecule has 0 N–H and O–H groups in total. The lowest BCUT2D eigenvalue weighted by atomic mass is 9.83. The highest BCUT2D eigenvalue weighted by Gasteiger charge is 2.54. The van der Waals surface area contributed by atoms with Crippen molar-refractivity contribution in [3.8, 4) is 0 Å². The van der Waals surface area contributed by atoms with Crippen LogP contribution in [0.1, 0.15) is 31.9 Å². The van der Waals surface area contributed by atoms with Crippen LogP contribution in [-0.4, -0.2) is 50.1 Å². The highest BCUT2D eigenvalue weighted by Crippen LogP contribution is 2.45. The van der Waals surface area contributed by atoms with Gasteiger partial charge in [0, 0.05) is 24.7 Å². The lowest BCUT2D eigenvalue weighted by molar-refractivity contribution is 0.192. The molecule has 2 aromatic carbocycles. The standard InChI is InChI=1S/C25H32N2O4S2/c1-18-6-12-22(13-7-18)32(28,29)26-17-24-21(11-10-20(26)3)16-27(25(24,4)5)33(30,31)23-14-8-19(2)9-15-23/h6-15,20-21,24H,16-17H2,1-5H3. The predicted octanol–water partition coefficient (Wildman–Crippen LogP) is 3.97. The molecule has 0 aliphatic carbocycles. The second-order valence-corrected chi connectivity index (χ2v) is 13.5.